The molecule has 4 rings (SSSR count). The first-order valence-corrected chi connectivity index (χ1v) is 9.25. The van der Waals surface area contributed by atoms with Gasteiger partial charge in [0.1, 0.15) is 11.4 Å². The van der Waals surface area contributed by atoms with E-state index in [0.29, 0.717) is 0 Å². The van der Waals surface area contributed by atoms with Crippen molar-refractivity contribution in [1.29, 1.82) is 0 Å². The zero-order valence-electron chi connectivity index (χ0n) is 15.4. The molecule has 3 aliphatic rings. The van der Waals surface area contributed by atoms with Crippen LogP contribution >= 0.6 is 0 Å². The second kappa shape index (κ2) is 5.12. The monoisotopic (exact) mass is 320 g/mol. The summed E-state index contributed by atoms with van der Waals surface area (Å²) in [6, 6.07) is 10.8. The van der Waals surface area contributed by atoms with E-state index in [-0.39, 0.29) is 16.4 Å². The van der Waals surface area contributed by atoms with Crippen LogP contribution in [0.5, 0.6) is 0 Å². The molecule has 3 unspecified atom stereocenters. The lowest BCUT2D eigenvalue weighted by atomic mass is 9.61. The highest BCUT2D eigenvalue weighted by molar-refractivity contribution is 5.48. The zero-order valence-corrected chi connectivity index (χ0v) is 15.4. The molecule has 0 fully saturated rings. The Morgan fingerprint density at radius 3 is 2.50 bits per heavy atom. The number of hydrogen-bond donors (Lipinski definition) is 0. The van der Waals surface area contributed by atoms with Gasteiger partial charge in [-0.15, -0.1) is 0 Å². The van der Waals surface area contributed by atoms with Crippen molar-refractivity contribution >= 4 is 0 Å². The SMILES string of the molecule is CCC1=CCC2(C)OC3=C(C=CC(C)(c4ccccc4)C3)C2(C)C1. The van der Waals surface area contributed by atoms with Crippen LogP contribution in [0.3, 0.4) is 0 Å². The topological polar surface area (TPSA) is 9.23 Å². The summed E-state index contributed by atoms with van der Waals surface area (Å²) >= 11 is 0. The molecule has 0 radical (unpaired) electrons. The van der Waals surface area contributed by atoms with Crippen LogP contribution < -0.4 is 0 Å². The van der Waals surface area contributed by atoms with Gasteiger partial charge in [0.25, 0.3) is 0 Å². The molecule has 2 aliphatic carbocycles. The Morgan fingerprint density at radius 1 is 1.04 bits per heavy atom. The van der Waals surface area contributed by atoms with Gasteiger partial charge in [-0.25, -0.2) is 0 Å². The maximum Gasteiger partial charge on any atom is 0.119 e. The van der Waals surface area contributed by atoms with E-state index in [1.807, 2.05) is 0 Å². The molecule has 0 amide bonds. The summed E-state index contributed by atoms with van der Waals surface area (Å²) in [6.45, 7) is 9.32. The molecule has 24 heavy (non-hydrogen) atoms. The van der Waals surface area contributed by atoms with Crippen LogP contribution in [0.15, 0.2) is 65.5 Å². The fourth-order valence-electron chi connectivity index (χ4n) is 4.80. The van der Waals surface area contributed by atoms with Crippen molar-refractivity contribution in [3.05, 3.63) is 71.0 Å². The predicted octanol–water partition coefficient (Wildman–Crippen LogP) is 6.08. The molecule has 0 aromatic heterocycles. The summed E-state index contributed by atoms with van der Waals surface area (Å²) in [7, 11) is 0. The average molecular weight is 320 g/mol. The zero-order chi connectivity index (χ0) is 17.0. The molecule has 1 aromatic carbocycles. The Labute approximate surface area is 146 Å². The maximum atomic E-state index is 6.65. The number of allylic oxidation sites excluding steroid dienone is 4. The predicted molar refractivity (Wildman–Crippen MR) is 99.8 cm³/mol. The first-order chi connectivity index (χ1) is 11.4. The summed E-state index contributed by atoms with van der Waals surface area (Å²) in [4.78, 5) is 0. The van der Waals surface area contributed by atoms with Crippen LogP contribution in [-0.2, 0) is 10.2 Å². The Balaban J connectivity index is 1.71. The van der Waals surface area contributed by atoms with Gasteiger partial charge in [-0.1, -0.05) is 74.9 Å². The highest BCUT2D eigenvalue weighted by Gasteiger charge is 2.57. The molecule has 0 saturated heterocycles. The number of hydrogen-bond acceptors (Lipinski definition) is 1. The van der Waals surface area contributed by atoms with E-state index in [1.165, 1.54) is 16.9 Å². The number of rotatable bonds is 2. The third-order valence-electron chi connectivity index (χ3n) is 6.80. The molecule has 3 atom stereocenters. The third kappa shape index (κ3) is 2.06. The smallest absolute Gasteiger partial charge is 0.119 e. The first kappa shape index (κ1) is 15.7. The highest BCUT2D eigenvalue weighted by atomic mass is 16.5. The fraction of sp³-hybridized carbons (Fsp3) is 0.478. The molecule has 0 bridgehead atoms. The van der Waals surface area contributed by atoms with Crippen molar-refractivity contribution in [1.82, 2.24) is 0 Å². The lowest BCUT2D eigenvalue weighted by molar-refractivity contribution is -0.0388. The minimum absolute atomic E-state index is 0.0291. The largest absolute Gasteiger partial charge is 0.490 e. The van der Waals surface area contributed by atoms with Crippen LogP contribution in [0.4, 0.5) is 0 Å². The molecule has 1 aliphatic heterocycles. The molecule has 1 heterocycles. The van der Waals surface area contributed by atoms with E-state index in [1.54, 1.807) is 5.57 Å². The fourth-order valence-corrected chi connectivity index (χ4v) is 4.80. The number of benzene rings is 1. The molecular formula is C23H28O. The quantitative estimate of drug-likeness (QED) is 0.600. The van der Waals surface area contributed by atoms with E-state index in [4.69, 9.17) is 4.74 Å². The van der Waals surface area contributed by atoms with Gasteiger partial charge in [0.2, 0.25) is 0 Å². The average Bonchev–Trinajstić information content (AvgIpc) is 2.81. The van der Waals surface area contributed by atoms with E-state index >= 15 is 0 Å². The minimum atomic E-state index is -0.0946. The van der Waals surface area contributed by atoms with Crippen molar-refractivity contribution in [2.45, 2.75) is 64.4 Å². The van der Waals surface area contributed by atoms with Crippen molar-refractivity contribution in [3.63, 3.8) is 0 Å². The molecule has 1 heteroatoms. The van der Waals surface area contributed by atoms with Gasteiger partial charge in [-0.2, -0.15) is 0 Å². The van der Waals surface area contributed by atoms with Gasteiger partial charge >= 0.3 is 0 Å². The second-order valence-electron chi connectivity index (χ2n) is 8.39. The summed E-state index contributed by atoms with van der Waals surface area (Å²) in [5, 5.41) is 0. The lowest BCUT2D eigenvalue weighted by Crippen LogP contribution is -2.44. The Bertz CT molecular complexity index is 753. The normalized spacial score (nSPS) is 37.6. The molecule has 0 N–H and O–H groups in total. The van der Waals surface area contributed by atoms with Crippen LogP contribution in [0.1, 0.15) is 58.9 Å². The van der Waals surface area contributed by atoms with E-state index in [0.717, 1.165) is 25.7 Å². The Hall–Kier alpha value is -1.76. The van der Waals surface area contributed by atoms with Crippen LogP contribution in [0.2, 0.25) is 0 Å². The number of fused-ring (bicyclic) bond motifs is 2. The molecule has 1 aromatic rings. The van der Waals surface area contributed by atoms with Crippen LogP contribution in [0.25, 0.3) is 0 Å². The van der Waals surface area contributed by atoms with E-state index in [2.05, 4.69) is 76.3 Å². The molecule has 1 nitrogen and oxygen atoms in total. The van der Waals surface area contributed by atoms with Gasteiger partial charge in [0.15, 0.2) is 0 Å². The van der Waals surface area contributed by atoms with Crippen LogP contribution in [0, 0.1) is 5.41 Å². The van der Waals surface area contributed by atoms with E-state index in [9.17, 15) is 0 Å². The highest BCUT2D eigenvalue weighted by Crippen LogP contribution is 2.60. The van der Waals surface area contributed by atoms with Crippen molar-refractivity contribution in [2.75, 3.05) is 0 Å². The van der Waals surface area contributed by atoms with Crippen molar-refractivity contribution in [2.24, 2.45) is 5.41 Å². The van der Waals surface area contributed by atoms with Gasteiger partial charge in [0.05, 0.1) is 0 Å². The maximum absolute atomic E-state index is 6.65. The first-order valence-electron chi connectivity index (χ1n) is 9.25. The lowest BCUT2D eigenvalue weighted by Gasteiger charge is -2.44. The standard InChI is InChI=1S/C23H28O/c1-5-17-11-14-23(4)22(3,15-17)19-12-13-21(2,16-20(19)24-23)18-9-7-6-8-10-18/h6-13H,5,14-16H2,1-4H3. The van der Waals surface area contributed by atoms with E-state index < -0.39 is 0 Å². The molecule has 126 valence electrons. The summed E-state index contributed by atoms with van der Waals surface area (Å²) < 4.78 is 6.65. The Morgan fingerprint density at radius 2 is 1.79 bits per heavy atom. The summed E-state index contributed by atoms with van der Waals surface area (Å²) in [5.41, 5.74) is 4.43. The van der Waals surface area contributed by atoms with Crippen LogP contribution in [-0.4, -0.2) is 5.60 Å². The van der Waals surface area contributed by atoms with Crippen molar-refractivity contribution in [3.8, 4) is 0 Å². The Kier molecular flexibility index (Phi) is 3.36. The van der Waals surface area contributed by atoms with Gasteiger partial charge < -0.3 is 4.74 Å². The second-order valence-corrected chi connectivity index (χ2v) is 8.39. The van der Waals surface area contributed by atoms with Gasteiger partial charge in [-0.3, -0.25) is 0 Å². The third-order valence-corrected chi connectivity index (χ3v) is 6.80. The summed E-state index contributed by atoms with van der Waals surface area (Å²) in [6.07, 6.45) is 11.5. The van der Waals surface area contributed by atoms with Gasteiger partial charge in [0, 0.05) is 23.7 Å². The molecular weight excluding hydrogens is 292 g/mol. The summed E-state index contributed by atoms with van der Waals surface area (Å²) in [5.74, 6) is 1.22. The molecule has 0 saturated carbocycles. The van der Waals surface area contributed by atoms with Gasteiger partial charge in [-0.05, 0) is 30.9 Å². The number of ether oxygens (including phenoxy) is 1. The van der Waals surface area contributed by atoms with Crippen molar-refractivity contribution < 1.29 is 4.74 Å². The minimum Gasteiger partial charge on any atom is -0.490 e. The molecule has 0 spiro atoms.